The van der Waals surface area contributed by atoms with Crippen LogP contribution in [0.5, 0.6) is 0 Å². The summed E-state index contributed by atoms with van der Waals surface area (Å²) in [5.41, 5.74) is 11.7. The number of carbonyl (C=O) groups excluding carboxylic acids is 1. The van der Waals surface area contributed by atoms with Crippen LogP contribution in [-0.2, 0) is 24.1 Å². The summed E-state index contributed by atoms with van der Waals surface area (Å²) in [6, 6.07) is 19.5. The Labute approximate surface area is 258 Å². The summed E-state index contributed by atoms with van der Waals surface area (Å²) in [6.07, 6.45) is 1.77. The van der Waals surface area contributed by atoms with Crippen molar-refractivity contribution in [2.24, 2.45) is 5.73 Å². The molecule has 1 atom stereocenters. The number of likely N-dealkylation sites (tertiary alicyclic amines) is 2. The van der Waals surface area contributed by atoms with Crippen molar-refractivity contribution in [1.82, 2.24) is 15.1 Å². The van der Waals surface area contributed by atoms with Gasteiger partial charge in [0.2, 0.25) is 0 Å². The summed E-state index contributed by atoms with van der Waals surface area (Å²) in [5, 5.41) is 3.21. The number of hydrogen-bond donors (Lipinski definition) is 2. The van der Waals surface area contributed by atoms with Gasteiger partial charge in [0, 0.05) is 43.5 Å². The van der Waals surface area contributed by atoms with E-state index in [2.05, 4.69) is 28.9 Å². The van der Waals surface area contributed by atoms with Crippen LogP contribution in [0.25, 0.3) is 16.7 Å². The summed E-state index contributed by atoms with van der Waals surface area (Å²) in [7, 11) is 0. The Morgan fingerprint density at radius 2 is 1.61 bits per heavy atom. The second-order valence-electron chi connectivity index (χ2n) is 11.9. The minimum Gasteiger partial charge on any atom is -0.381 e. The lowest BCUT2D eigenvalue weighted by Crippen LogP contribution is -2.43. The highest BCUT2D eigenvalue weighted by molar-refractivity contribution is 6.20. The standard InChI is InChI=1S/C36H41F3N4O/c1-25-7-12-30(29-13-8-27(22-40)9-14-29)21-33(25)34(35(44)43-19-5-6-32(43)24-42-17-3-4-18-42)20-26(2)41-23-28-10-15-31(16-11-28)36(37,38)39/h7-16,20-21,32,41H,2-6,17-19,22-24,40H2,1H3/b34-20+. The van der Waals surface area contributed by atoms with Crippen molar-refractivity contribution in [2.75, 3.05) is 26.2 Å². The third kappa shape index (κ3) is 7.60. The molecule has 0 radical (unpaired) electrons. The first-order valence-corrected chi connectivity index (χ1v) is 15.4. The maximum atomic E-state index is 14.4. The Kier molecular flexibility index (Phi) is 9.91. The fourth-order valence-corrected chi connectivity index (χ4v) is 6.14. The fraction of sp³-hybridized carbons (Fsp3) is 0.361. The maximum absolute atomic E-state index is 14.4. The molecule has 2 aliphatic rings. The number of benzene rings is 3. The molecule has 2 aliphatic heterocycles. The lowest BCUT2D eigenvalue weighted by Gasteiger charge is -2.30. The van der Waals surface area contributed by atoms with Crippen molar-refractivity contribution in [3.05, 3.63) is 113 Å². The van der Waals surface area contributed by atoms with Gasteiger partial charge in [-0.15, -0.1) is 0 Å². The molecule has 8 heteroatoms. The van der Waals surface area contributed by atoms with Crippen LogP contribution in [-0.4, -0.2) is 47.9 Å². The first kappa shape index (κ1) is 31.5. The average Bonchev–Trinajstić information content (AvgIpc) is 3.71. The van der Waals surface area contributed by atoms with Gasteiger partial charge in [-0.3, -0.25) is 4.79 Å². The molecule has 44 heavy (non-hydrogen) atoms. The Balaban J connectivity index is 1.44. The number of hydrogen-bond acceptors (Lipinski definition) is 4. The monoisotopic (exact) mass is 602 g/mol. The SMILES string of the molecule is C=C(/C=C(/C(=O)N1CCCC1CN1CCCC1)c1cc(-c2ccc(CN)cc2)ccc1C)NCc1ccc(C(F)(F)F)cc1. The molecular formula is C36H41F3N4O. The summed E-state index contributed by atoms with van der Waals surface area (Å²) in [4.78, 5) is 18.9. The molecule has 0 aromatic heterocycles. The van der Waals surface area contributed by atoms with Gasteiger partial charge in [-0.25, -0.2) is 0 Å². The number of amides is 1. The second-order valence-corrected chi connectivity index (χ2v) is 11.9. The number of carbonyl (C=O) groups is 1. The zero-order valence-corrected chi connectivity index (χ0v) is 25.3. The van der Waals surface area contributed by atoms with E-state index in [-0.39, 0.29) is 18.5 Å². The number of nitrogens with two attached hydrogens (primary N) is 1. The lowest BCUT2D eigenvalue weighted by atomic mass is 9.93. The van der Waals surface area contributed by atoms with Crippen molar-refractivity contribution in [1.29, 1.82) is 0 Å². The molecule has 232 valence electrons. The minimum absolute atomic E-state index is 0.0251. The Bertz CT molecular complexity index is 1490. The first-order valence-electron chi connectivity index (χ1n) is 15.4. The van der Waals surface area contributed by atoms with E-state index in [9.17, 15) is 18.0 Å². The van der Waals surface area contributed by atoms with E-state index in [1.54, 1.807) is 6.08 Å². The van der Waals surface area contributed by atoms with Gasteiger partial charge >= 0.3 is 6.18 Å². The van der Waals surface area contributed by atoms with Crippen LogP contribution >= 0.6 is 0 Å². The van der Waals surface area contributed by atoms with E-state index in [0.717, 1.165) is 72.4 Å². The number of allylic oxidation sites excluding steroid dienone is 1. The minimum atomic E-state index is -4.38. The molecule has 0 saturated carbocycles. The van der Waals surface area contributed by atoms with Gasteiger partial charge in [-0.2, -0.15) is 13.2 Å². The zero-order chi connectivity index (χ0) is 31.3. The number of halogens is 3. The molecule has 3 aromatic carbocycles. The quantitative estimate of drug-likeness (QED) is 0.196. The molecule has 1 amide bonds. The molecular weight excluding hydrogens is 561 g/mol. The number of nitrogens with zero attached hydrogens (tertiary/aromatic N) is 2. The van der Waals surface area contributed by atoms with E-state index >= 15 is 0 Å². The van der Waals surface area contributed by atoms with Crippen LogP contribution in [0, 0.1) is 6.92 Å². The smallest absolute Gasteiger partial charge is 0.381 e. The third-order valence-corrected chi connectivity index (χ3v) is 8.71. The van der Waals surface area contributed by atoms with Crippen molar-refractivity contribution < 1.29 is 18.0 Å². The molecule has 2 heterocycles. The molecule has 0 aliphatic carbocycles. The van der Waals surface area contributed by atoms with Crippen LogP contribution in [0.15, 0.2) is 85.1 Å². The highest BCUT2D eigenvalue weighted by atomic mass is 19.4. The topological polar surface area (TPSA) is 61.6 Å². The fourth-order valence-electron chi connectivity index (χ4n) is 6.14. The molecule has 5 rings (SSSR count). The predicted molar refractivity (Wildman–Crippen MR) is 170 cm³/mol. The van der Waals surface area contributed by atoms with Gasteiger partial charge in [0.25, 0.3) is 5.91 Å². The van der Waals surface area contributed by atoms with Crippen LogP contribution in [0.2, 0.25) is 0 Å². The normalized spacial score (nSPS) is 17.7. The predicted octanol–water partition coefficient (Wildman–Crippen LogP) is 6.91. The average molecular weight is 603 g/mol. The van der Waals surface area contributed by atoms with Crippen molar-refractivity contribution >= 4 is 11.5 Å². The Morgan fingerprint density at radius 1 is 0.955 bits per heavy atom. The summed E-state index contributed by atoms with van der Waals surface area (Å²) in [5.74, 6) is -0.0251. The maximum Gasteiger partial charge on any atom is 0.416 e. The zero-order valence-electron chi connectivity index (χ0n) is 25.3. The van der Waals surface area contributed by atoms with Gasteiger partial charge in [0.1, 0.15) is 0 Å². The van der Waals surface area contributed by atoms with Gasteiger partial charge in [-0.05, 0) is 103 Å². The third-order valence-electron chi connectivity index (χ3n) is 8.71. The molecule has 0 spiro atoms. The molecule has 2 saturated heterocycles. The van der Waals surface area contributed by atoms with Crippen molar-refractivity contribution in [3.8, 4) is 11.1 Å². The molecule has 3 N–H and O–H groups in total. The van der Waals surface area contributed by atoms with E-state index in [1.165, 1.54) is 25.0 Å². The van der Waals surface area contributed by atoms with E-state index < -0.39 is 11.7 Å². The van der Waals surface area contributed by atoms with Gasteiger partial charge in [-0.1, -0.05) is 55.1 Å². The van der Waals surface area contributed by atoms with Crippen molar-refractivity contribution in [2.45, 2.75) is 57.9 Å². The summed E-state index contributed by atoms with van der Waals surface area (Å²) in [6.45, 7) is 10.7. The van der Waals surface area contributed by atoms with Crippen molar-refractivity contribution in [3.63, 3.8) is 0 Å². The lowest BCUT2D eigenvalue weighted by molar-refractivity contribution is -0.137. The highest BCUT2D eigenvalue weighted by Gasteiger charge is 2.33. The van der Waals surface area contributed by atoms with Crippen LogP contribution in [0.3, 0.4) is 0 Å². The first-order chi connectivity index (χ1) is 21.1. The molecule has 0 bridgehead atoms. The van der Waals surface area contributed by atoms with Crippen LogP contribution in [0.1, 0.15) is 53.5 Å². The summed E-state index contributed by atoms with van der Waals surface area (Å²) < 4.78 is 39.0. The van der Waals surface area contributed by atoms with Gasteiger partial charge in [0.05, 0.1) is 5.56 Å². The number of aryl methyl sites for hydroxylation is 1. The van der Waals surface area contributed by atoms with E-state index in [0.29, 0.717) is 29.9 Å². The Hall–Kier alpha value is -3.88. The second kappa shape index (κ2) is 13.8. The van der Waals surface area contributed by atoms with Gasteiger partial charge < -0.3 is 20.9 Å². The Morgan fingerprint density at radius 3 is 2.27 bits per heavy atom. The molecule has 3 aromatic rings. The number of rotatable bonds is 10. The molecule has 1 unspecified atom stereocenters. The highest BCUT2D eigenvalue weighted by Crippen LogP contribution is 2.32. The van der Waals surface area contributed by atoms with E-state index in [1.807, 2.05) is 42.2 Å². The van der Waals surface area contributed by atoms with E-state index in [4.69, 9.17) is 5.73 Å². The molecule has 2 fully saturated rings. The number of alkyl halides is 3. The van der Waals surface area contributed by atoms with Gasteiger partial charge in [0.15, 0.2) is 0 Å². The molecule has 5 nitrogen and oxygen atoms in total. The number of nitrogens with one attached hydrogen (secondary N) is 1. The largest absolute Gasteiger partial charge is 0.416 e. The van der Waals surface area contributed by atoms with Crippen LogP contribution in [0.4, 0.5) is 13.2 Å². The summed E-state index contributed by atoms with van der Waals surface area (Å²) >= 11 is 0. The van der Waals surface area contributed by atoms with Crippen LogP contribution < -0.4 is 11.1 Å².